The Balaban J connectivity index is 2.64. The first-order valence-electron chi connectivity index (χ1n) is 7.72. The predicted octanol–water partition coefficient (Wildman–Crippen LogP) is 3.76. The summed E-state index contributed by atoms with van der Waals surface area (Å²) in [4.78, 5) is 0. The maximum atomic E-state index is 10.2. The van der Waals surface area contributed by atoms with Crippen LogP contribution in [0.25, 0.3) is 5.57 Å². The van der Waals surface area contributed by atoms with Crippen molar-refractivity contribution in [2.24, 2.45) is 0 Å². The molecule has 1 unspecified atom stereocenters. The van der Waals surface area contributed by atoms with Gasteiger partial charge >= 0.3 is 0 Å². The minimum Gasteiger partial charge on any atom is -0.475 e. The van der Waals surface area contributed by atoms with E-state index in [1.54, 1.807) is 7.05 Å². The van der Waals surface area contributed by atoms with E-state index in [0.717, 1.165) is 29.4 Å². The molecule has 0 aliphatic heterocycles. The Morgan fingerprint density at radius 1 is 1.29 bits per heavy atom. The summed E-state index contributed by atoms with van der Waals surface area (Å²) in [6, 6.07) is 0. The Labute approximate surface area is 132 Å². The second-order valence-electron chi connectivity index (χ2n) is 5.45. The first kappa shape index (κ1) is 18.1. The molecular formula is C15H28N3O2S+. The van der Waals surface area contributed by atoms with Crippen LogP contribution in [-0.4, -0.2) is 45.3 Å². The molecule has 0 bridgehead atoms. The van der Waals surface area contributed by atoms with Crippen molar-refractivity contribution < 1.29 is 14.6 Å². The van der Waals surface area contributed by atoms with E-state index >= 15 is 0 Å². The van der Waals surface area contributed by atoms with Gasteiger partial charge in [0.15, 0.2) is 0 Å². The number of ether oxygens (including phenoxy) is 1. The number of likely N-dealkylation sites (N-methyl/N-ethyl adjacent to an activating group) is 1. The van der Waals surface area contributed by atoms with Gasteiger partial charge in [-0.1, -0.05) is 32.3 Å². The topological polar surface area (TPSA) is 55.2 Å². The average molecular weight is 314 g/mol. The highest BCUT2D eigenvalue weighted by molar-refractivity contribution is 6.99. The second kappa shape index (κ2) is 9.12. The summed E-state index contributed by atoms with van der Waals surface area (Å²) >= 11 is 1.16. The second-order valence-corrected chi connectivity index (χ2v) is 5.98. The van der Waals surface area contributed by atoms with Crippen LogP contribution in [-0.2, 0) is 0 Å². The minimum atomic E-state index is -0.0624. The number of allylic oxidation sites excluding steroid dienone is 1. The summed E-state index contributed by atoms with van der Waals surface area (Å²) in [6.45, 7) is 7.92. The van der Waals surface area contributed by atoms with E-state index in [1.807, 2.05) is 19.9 Å². The van der Waals surface area contributed by atoms with Gasteiger partial charge in [-0.05, 0) is 20.3 Å². The Bertz CT molecular complexity index is 444. The summed E-state index contributed by atoms with van der Waals surface area (Å²) in [6.07, 6.45) is 6.65. The molecule has 0 radical (unpaired) electrons. The van der Waals surface area contributed by atoms with Crippen LogP contribution in [0.1, 0.15) is 52.1 Å². The molecule has 1 aromatic rings. The molecule has 1 atom stereocenters. The summed E-state index contributed by atoms with van der Waals surface area (Å²) in [5, 5.41) is 10.2. The molecule has 6 heteroatoms. The van der Waals surface area contributed by atoms with Crippen molar-refractivity contribution in [3.63, 3.8) is 0 Å². The molecule has 21 heavy (non-hydrogen) atoms. The van der Waals surface area contributed by atoms with E-state index in [1.165, 1.54) is 19.3 Å². The molecule has 0 saturated carbocycles. The van der Waals surface area contributed by atoms with Crippen LogP contribution in [0.5, 0.6) is 5.88 Å². The number of quaternary nitrogens is 1. The molecule has 1 N–H and O–H groups in total. The highest BCUT2D eigenvalue weighted by atomic mass is 32.1. The fourth-order valence-corrected chi connectivity index (χ4v) is 2.48. The molecule has 0 saturated heterocycles. The van der Waals surface area contributed by atoms with Crippen LogP contribution in [0.4, 0.5) is 0 Å². The SMILES string of the molecule is C/C=C(\C[N+](C)(O)CC)c1nsnc1OCCCCCC. The van der Waals surface area contributed by atoms with Gasteiger partial charge < -0.3 is 4.74 Å². The fraction of sp³-hybridized carbons (Fsp3) is 0.733. The van der Waals surface area contributed by atoms with Crippen LogP contribution < -0.4 is 4.74 Å². The highest BCUT2D eigenvalue weighted by Crippen LogP contribution is 2.26. The largest absolute Gasteiger partial charge is 0.475 e. The lowest BCUT2D eigenvalue weighted by atomic mass is 10.1. The van der Waals surface area contributed by atoms with E-state index in [0.29, 0.717) is 25.6 Å². The number of hydrogen-bond donors (Lipinski definition) is 1. The third kappa shape index (κ3) is 6.11. The molecule has 0 spiro atoms. The third-order valence-electron chi connectivity index (χ3n) is 3.54. The molecule has 1 heterocycles. The van der Waals surface area contributed by atoms with Crippen LogP contribution in [0, 0.1) is 0 Å². The minimum absolute atomic E-state index is 0.0624. The van der Waals surface area contributed by atoms with Gasteiger partial charge in [0.2, 0.25) is 0 Å². The summed E-state index contributed by atoms with van der Waals surface area (Å²) in [5.74, 6) is 0.598. The Hall–Kier alpha value is -0.980. The monoisotopic (exact) mass is 314 g/mol. The van der Waals surface area contributed by atoms with Gasteiger partial charge in [0.25, 0.3) is 5.88 Å². The fourth-order valence-electron chi connectivity index (χ4n) is 1.95. The Kier molecular flexibility index (Phi) is 7.85. The summed E-state index contributed by atoms with van der Waals surface area (Å²) in [7, 11) is 1.79. The van der Waals surface area contributed by atoms with E-state index in [2.05, 4.69) is 15.7 Å². The van der Waals surface area contributed by atoms with Gasteiger partial charge in [-0.25, -0.2) is 5.21 Å². The van der Waals surface area contributed by atoms with Crippen LogP contribution in [0.3, 0.4) is 0 Å². The quantitative estimate of drug-likeness (QED) is 0.406. The first-order chi connectivity index (χ1) is 10.0. The highest BCUT2D eigenvalue weighted by Gasteiger charge is 2.23. The van der Waals surface area contributed by atoms with Gasteiger partial charge in [-0.15, -0.1) is 4.37 Å². The van der Waals surface area contributed by atoms with Crippen molar-refractivity contribution in [3.05, 3.63) is 11.8 Å². The zero-order valence-corrected chi connectivity index (χ0v) is 14.4. The van der Waals surface area contributed by atoms with E-state index in [-0.39, 0.29) is 4.65 Å². The van der Waals surface area contributed by atoms with Gasteiger partial charge in [0.1, 0.15) is 18.8 Å². The smallest absolute Gasteiger partial charge is 0.253 e. The average Bonchev–Trinajstić information content (AvgIpc) is 2.93. The first-order valence-corrected chi connectivity index (χ1v) is 8.45. The van der Waals surface area contributed by atoms with Crippen LogP contribution in [0.15, 0.2) is 6.08 Å². The lowest BCUT2D eigenvalue weighted by molar-refractivity contribution is -1.08. The summed E-state index contributed by atoms with van der Waals surface area (Å²) < 4.78 is 14.3. The zero-order valence-electron chi connectivity index (χ0n) is 13.6. The number of rotatable bonds is 10. The molecule has 5 nitrogen and oxygen atoms in total. The number of hydroxylamine groups is 3. The van der Waals surface area contributed by atoms with Crippen molar-refractivity contribution in [2.75, 3.05) is 26.7 Å². The number of aromatic nitrogens is 2. The van der Waals surface area contributed by atoms with Gasteiger partial charge in [-0.2, -0.15) is 9.02 Å². The maximum absolute atomic E-state index is 10.2. The lowest BCUT2D eigenvalue weighted by Crippen LogP contribution is -2.41. The maximum Gasteiger partial charge on any atom is 0.253 e. The molecule has 120 valence electrons. The van der Waals surface area contributed by atoms with Crippen molar-refractivity contribution >= 4 is 17.3 Å². The van der Waals surface area contributed by atoms with Crippen molar-refractivity contribution in [1.29, 1.82) is 0 Å². The van der Waals surface area contributed by atoms with Gasteiger partial charge in [0.05, 0.1) is 25.4 Å². The van der Waals surface area contributed by atoms with Gasteiger partial charge in [-0.3, -0.25) is 0 Å². The van der Waals surface area contributed by atoms with E-state index in [4.69, 9.17) is 4.74 Å². The molecule has 0 amide bonds. The van der Waals surface area contributed by atoms with Crippen LogP contribution in [0.2, 0.25) is 0 Å². The summed E-state index contributed by atoms with van der Waals surface area (Å²) in [5.41, 5.74) is 1.74. The van der Waals surface area contributed by atoms with Gasteiger partial charge in [0, 0.05) is 5.57 Å². The molecular weight excluding hydrogens is 286 g/mol. The van der Waals surface area contributed by atoms with E-state index < -0.39 is 0 Å². The molecule has 1 rings (SSSR count). The molecule has 1 aromatic heterocycles. The standard InChI is InChI=1S/C15H28N3O2S/c1-5-8-9-10-11-20-15-14(16-21-17-15)13(6-2)12-18(4,19)7-3/h6,19H,5,7-12H2,1-4H3/q+1/b13-6+. The van der Waals surface area contributed by atoms with Crippen molar-refractivity contribution in [3.8, 4) is 5.88 Å². The molecule has 0 aliphatic carbocycles. The van der Waals surface area contributed by atoms with Crippen molar-refractivity contribution in [1.82, 2.24) is 8.75 Å². The zero-order chi connectivity index (χ0) is 15.7. The Morgan fingerprint density at radius 3 is 2.67 bits per heavy atom. The predicted molar refractivity (Wildman–Crippen MR) is 86.6 cm³/mol. The normalized spacial score (nSPS) is 15.0. The molecule has 0 aliphatic rings. The number of hydrogen-bond acceptors (Lipinski definition) is 5. The van der Waals surface area contributed by atoms with Crippen LogP contribution >= 0.6 is 11.7 Å². The third-order valence-corrected chi connectivity index (χ3v) is 4.05. The molecule has 0 fully saturated rings. The van der Waals surface area contributed by atoms with E-state index in [9.17, 15) is 5.21 Å². The Morgan fingerprint density at radius 2 is 2.05 bits per heavy atom. The number of unbranched alkanes of at least 4 members (excludes halogenated alkanes) is 3. The lowest BCUT2D eigenvalue weighted by Gasteiger charge is -2.24. The van der Waals surface area contributed by atoms with Crippen molar-refractivity contribution in [2.45, 2.75) is 46.5 Å². The molecule has 0 aromatic carbocycles. The number of nitrogens with zero attached hydrogens (tertiary/aromatic N) is 3.